The van der Waals surface area contributed by atoms with Gasteiger partial charge in [0.05, 0.1) is 24.9 Å². The molecule has 1 N–H and O–H groups in total. The Morgan fingerprint density at radius 3 is 2.95 bits per heavy atom. The van der Waals surface area contributed by atoms with Crippen LogP contribution in [0, 0.1) is 0 Å². The molecule has 1 aromatic rings. The fourth-order valence-electron chi connectivity index (χ4n) is 1.98. The fourth-order valence-corrected chi connectivity index (χ4v) is 1.98. The molecule has 1 aromatic heterocycles. The number of hydrogen-bond donors (Lipinski definition) is 1. The summed E-state index contributed by atoms with van der Waals surface area (Å²) in [5.41, 5.74) is 0.772. The van der Waals surface area contributed by atoms with E-state index < -0.39 is 5.60 Å². The summed E-state index contributed by atoms with van der Waals surface area (Å²) in [4.78, 5) is 17.8. The lowest BCUT2D eigenvalue weighted by molar-refractivity contribution is 0.0225. The topological polar surface area (TPSA) is 84.2 Å². The van der Waals surface area contributed by atoms with E-state index in [4.69, 9.17) is 14.7 Å². The van der Waals surface area contributed by atoms with Gasteiger partial charge in [0.2, 0.25) is 0 Å². The Morgan fingerprint density at radius 2 is 2.29 bits per heavy atom. The Morgan fingerprint density at radius 1 is 1.52 bits per heavy atom. The zero-order chi connectivity index (χ0) is 15.5. The van der Waals surface area contributed by atoms with E-state index in [1.807, 2.05) is 20.8 Å². The zero-order valence-corrected chi connectivity index (χ0v) is 12.4. The lowest BCUT2D eigenvalue weighted by Crippen LogP contribution is -2.37. The number of aromatic nitrogens is 1. The molecule has 7 nitrogen and oxygen atoms in total. The lowest BCUT2D eigenvalue weighted by Gasteiger charge is -2.25. The van der Waals surface area contributed by atoms with Crippen LogP contribution in [0.15, 0.2) is 17.5 Å². The summed E-state index contributed by atoms with van der Waals surface area (Å²) in [6.45, 7) is 6.56. The van der Waals surface area contributed by atoms with Gasteiger partial charge in [0, 0.05) is 18.0 Å². The van der Waals surface area contributed by atoms with Crippen molar-refractivity contribution in [3.63, 3.8) is 0 Å². The minimum Gasteiger partial charge on any atom is -0.491 e. The third-order valence-electron chi connectivity index (χ3n) is 2.82. The van der Waals surface area contributed by atoms with Crippen LogP contribution in [0.4, 0.5) is 4.79 Å². The summed E-state index contributed by atoms with van der Waals surface area (Å²) in [6, 6.07) is 0. The van der Waals surface area contributed by atoms with Crippen LogP contribution in [0.5, 0.6) is 5.75 Å². The Balaban J connectivity index is 2.22. The van der Waals surface area contributed by atoms with Crippen LogP contribution in [-0.2, 0) is 11.3 Å². The van der Waals surface area contributed by atoms with Crippen molar-refractivity contribution in [1.82, 2.24) is 9.88 Å². The molecular formula is C14H19N3O4. The van der Waals surface area contributed by atoms with Gasteiger partial charge < -0.3 is 19.6 Å². The maximum Gasteiger partial charge on any atom is 0.410 e. The predicted molar refractivity (Wildman–Crippen MR) is 75.8 cm³/mol. The van der Waals surface area contributed by atoms with Crippen molar-refractivity contribution in [1.29, 1.82) is 0 Å². The minimum atomic E-state index is -0.545. The zero-order valence-electron chi connectivity index (χ0n) is 12.4. The van der Waals surface area contributed by atoms with Crippen molar-refractivity contribution in [3.05, 3.63) is 23.5 Å². The van der Waals surface area contributed by atoms with Crippen LogP contribution >= 0.6 is 0 Å². The molecule has 2 heterocycles. The van der Waals surface area contributed by atoms with E-state index in [1.165, 1.54) is 6.21 Å². The van der Waals surface area contributed by atoms with Crippen molar-refractivity contribution in [2.24, 2.45) is 5.16 Å². The number of carbonyl (C=O) groups is 1. The molecule has 21 heavy (non-hydrogen) atoms. The number of oxime groups is 1. The van der Waals surface area contributed by atoms with E-state index in [0.717, 1.165) is 5.56 Å². The molecule has 0 bridgehead atoms. The van der Waals surface area contributed by atoms with Gasteiger partial charge in [-0.3, -0.25) is 4.98 Å². The summed E-state index contributed by atoms with van der Waals surface area (Å²) >= 11 is 0. The standard InChI is InChI=1S/C14H19N3O4/c1-14(2,3)21-13(18)17-4-5-20-12-10(8-16-19)6-15-7-11(12)9-17/h6-8,19H,4-5,9H2,1-3H3/b16-8+. The molecule has 0 saturated heterocycles. The van der Waals surface area contributed by atoms with Gasteiger partial charge in [-0.15, -0.1) is 0 Å². The quantitative estimate of drug-likeness (QED) is 0.486. The highest BCUT2D eigenvalue weighted by Gasteiger charge is 2.26. The van der Waals surface area contributed by atoms with Gasteiger partial charge in [0.25, 0.3) is 0 Å². The van der Waals surface area contributed by atoms with Crippen LogP contribution in [0.3, 0.4) is 0 Å². The molecule has 0 spiro atoms. The molecule has 1 aliphatic heterocycles. The monoisotopic (exact) mass is 293 g/mol. The van der Waals surface area contributed by atoms with Gasteiger partial charge in [0.15, 0.2) is 0 Å². The molecule has 0 saturated carbocycles. The number of nitrogens with zero attached hydrogens (tertiary/aromatic N) is 3. The van der Waals surface area contributed by atoms with Crippen molar-refractivity contribution < 1.29 is 19.5 Å². The van der Waals surface area contributed by atoms with Gasteiger partial charge >= 0.3 is 6.09 Å². The number of pyridine rings is 1. The van der Waals surface area contributed by atoms with Crippen molar-refractivity contribution in [3.8, 4) is 5.75 Å². The van der Waals surface area contributed by atoms with Crippen LogP contribution in [0.1, 0.15) is 31.9 Å². The molecule has 0 aromatic carbocycles. The largest absolute Gasteiger partial charge is 0.491 e. The van der Waals surface area contributed by atoms with Crippen LogP contribution in [-0.4, -0.2) is 46.2 Å². The second-order valence-corrected chi connectivity index (χ2v) is 5.71. The first-order valence-electron chi connectivity index (χ1n) is 6.66. The molecular weight excluding hydrogens is 274 g/mol. The molecule has 0 radical (unpaired) electrons. The Kier molecular flexibility index (Phi) is 4.30. The first-order valence-corrected chi connectivity index (χ1v) is 6.66. The normalized spacial score (nSPS) is 15.3. The smallest absolute Gasteiger partial charge is 0.410 e. The van der Waals surface area contributed by atoms with Crippen LogP contribution in [0.2, 0.25) is 0 Å². The molecule has 0 fully saturated rings. The first kappa shape index (κ1) is 15.1. The molecule has 7 heteroatoms. The number of amides is 1. The van der Waals surface area contributed by atoms with E-state index in [0.29, 0.717) is 31.0 Å². The summed E-state index contributed by atoms with van der Waals surface area (Å²) in [5, 5.41) is 11.7. The van der Waals surface area contributed by atoms with E-state index in [2.05, 4.69) is 10.1 Å². The average Bonchev–Trinajstić information content (AvgIpc) is 2.60. The highest BCUT2D eigenvalue weighted by Crippen LogP contribution is 2.26. The Bertz CT molecular complexity index is 552. The van der Waals surface area contributed by atoms with Gasteiger partial charge in [-0.1, -0.05) is 5.16 Å². The maximum atomic E-state index is 12.1. The minimum absolute atomic E-state index is 0.336. The molecule has 1 aliphatic rings. The first-order chi connectivity index (χ1) is 9.90. The van der Waals surface area contributed by atoms with Crippen molar-refractivity contribution in [2.75, 3.05) is 13.2 Å². The molecule has 1 amide bonds. The number of hydrogen-bond acceptors (Lipinski definition) is 6. The Hall–Kier alpha value is -2.31. The van der Waals surface area contributed by atoms with Gasteiger partial charge in [0.1, 0.15) is 18.0 Å². The van der Waals surface area contributed by atoms with Crippen molar-refractivity contribution in [2.45, 2.75) is 32.9 Å². The molecule has 2 rings (SSSR count). The summed E-state index contributed by atoms with van der Waals surface area (Å²) < 4.78 is 11.0. The third kappa shape index (κ3) is 3.84. The predicted octanol–water partition coefficient (Wildman–Crippen LogP) is 2.02. The number of fused-ring (bicyclic) bond motifs is 1. The maximum absolute atomic E-state index is 12.1. The fraction of sp³-hybridized carbons (Fsp3) is 0.500. The number of carbonyl (C=O) groups excluding carboxylic acids is 1. The van der Waals surface area contributed by atoms with E-state index >= 15 is 0 Å². The molecule has 114 valence electrons. The molecule has 0 unspecified atom stereocenters. The van der Waals surface area contributed by atoms with E-state index in [1.54, 1.807) is 17.3 Å². The second kappa shape index (κ2) is 5.99. The average molecular weight is 293 g/mol. The highest BCUT2D eigenvalue weighted by atomic mass is 16.6. The van der Waals surface area contributed by atoms with Gasteiger partial charge in [-0.25, -0.2) is 4.79 Å². The number of rotatable bonds is 1. The SMILES string of the molecule is CC(C)(C)OC(=O)N1CCOc2c(/C=N/O)cncc2C1. The summed E-state index contributed by atoms with van der Waals surface area (Å²) in [5.74, 6) is 0.578. The highest BCUT2D eigenvalue weighted by molar-refractivity contribution is 5.83. The summed E-state index contributed by atoms with van der Waals surface area (Å²) in [6.07, 6.45) is 4.05. The van der Waals surface area contributed by atoms with E-state index in [-0.39, 0.29) is 6.09 Å². The third-order valence-corrected chi connectivity index (χ3v) is 2.82. The molecule has 0 atom stereocenters. The Labute approximate surface area is 123 Å². The van der Waals surface area contributed by atoms with Gasteiger partial charge in [-0.2, -0.15) is 0 Å². The number of ether oxygens (including phenoxy) is 2. The summed E-state index contributed by atoms with van der Waals surface area (Å²) in [7, 11) is 0. The van der Waals surface area contributed by atoms with Crippen LogP contribution in [0.25, 0.3) is 0 Å². The van der Waals surface area contributed by atoms with Crippen molar-refractivity contribution >= 4 is 12.3 Å². The van der Waals surface area contributed by atoms with Gasteiger partial charge in [-0.05, 0) is 20.8 Å². The second-order valence-electron chi connectivity index (χ2n) is 5.71. The van der Waals surface area contributed by atoms with E-state index in [9.17, 15) is 4.79 Å². The lowest BCUT2D eigenvalue weighted by atomic mass is 10.2. The van der Waals surface area contributed by atoms with Crippen LogP contribution < -0.4 is 4.74 Å². The molecule has 0 aliphatic carbocycles.